The van der Waals surface area contributed by atoms with Crippen LogP contribution in [0.4, 0.5) is 0 Å². The van der Waals surface area contributed by atoms with Gasteiger partial charge >= 0.3 is 5.97 Å². The number of hydrogen-bond acceptors (Lipinski definition) is 11. The van der Waals surface area contributed by atoms with Crippen molar-refractivity contribution in [1.82, 2.24) is 31.9 Å². The Morgan fingerprint density at radius 1 is 0.519 bits per heavy atom. The molecule has 0 spiro atoms. The zero-order chi connectivity index (χ0) is 42.0. The summed E-state index contributed by atoms with van der Waals surface area (Å²) in [6.07, 6.45) is -1.03. The quantitative estimate of drug-likeness (QED) is 0.0438. The number of carbonyl (C=O) groups excluding carboxylic acids is 8. The van der Waals surface area contributed by atoms with Gasteiger partial charge in [0.25, 0.3) is 0 Å². The molecule has 0 unspecified atom stereocenters. The Labute approximate surface area is 315 Å². The fourth-order valence-electron chi connectivity index (χ4n) is 5.12. The number of aliphatic hydroxyl groups excluding tert-OH is 1. The van der Waals surface area contributed by atoms with Crippen LogP contribution < -0.4 is 49.1 Å². The minimum atomic E-state index is -1.58. The van der Waals surface area contributed by atoms with Crippen LogP contribution in [0.1, 0.15) is 87.5 Å². The molecule has 0 aliphatic rings. The minimum absolute atomic E-state index is 0.00997. The number of carboxylic acid groups (broad SMARTS) is 1. The van der Waals surface area contributed by atoms with E-state index >= 15 is 0 Å². The summed E-state index contributed by atoms with van der Waals surface area (Å²) in [5.74, 6) is -9.77. The Bertz CT molecular complexity index is 1340. The molecule has 20 heteroatoms. The number of primary amides is 2. The number of amides is 8. The number of nitrogens with one attached hydrogen (secondary N) is 6. The molecule has 0 heterocycles. The molecule has 0 aliphatic carbocycles. The van der Waals surface area contributed by atoms with Gasteiger partial charge in [-0.15, -0.1) is 0 Å². The van der Waals surface area contributed by atoms with Crippen LogP contribution in [0, 0.1) is 23.7 Å². The van der Waals surface area contributed by atoms with Crippen LogP contribution in [0.15, 0.2) is 0 Å². The molecule has 7 atom stereocenters. The van der Waals surface area contributed by atoms with E-state index in [0.29, 0.717) is 0 Å². The predicted octanol–water partition coefficient (Wildman–Crippen LogP) is -3.16. The first kappa shape index (κ1) is 49.1. The smallest absolute Gasteiger partial charge is 0.326 e. The van der Waals surface area contributed by atoms with Gasteiger partial charge in [-0.2, -0.15) is 0 Å². The van der Waals surface area contributed by atoms with Gasteiger partial charge in [0.15, 0.2) is 0 Å². The Hall–Kier alpha value is -4.85. The van der Waals surface area contributed by atoms with Crippen molar-refractivity contribution in [2.45, 2.75) is 130 Å². The van der Waals surface area contributed by atoms with Crippen LogP contribution in [0.5, 0.6) is 0 Å². The maximum absolute atomic E-state index is 13.6. The Kier molecular flexibility index (Phi) is 21.6. The number of aliphatic hydroxyl groups is 1. The van der Waals surface area contributed by atoms with Gasteiger partial charge in [-0.05, 0) is 42.9 Å². The molecule has 308 valence electrons. The molecule has 0 fully saturated rings. The summed E-state index contributed by atoms with van der Waals surface area (Å²) < 4.78 is 0. The van der Waals surface area contributed by atoms with Gasteiger partial charge in [-0.25, -0.2) is 4.79 Å². The molecule has 0 aromatic rings. The maximum atomic E-state index is 13.6. The molecule has 0 saturated heterocycles. The molecule has 0 radical (unpaired) electrons. The number of nitrogens with two attached hydrogens (primary N) is 3. The summed E-state index contributed by atoms with van der Waals surface area (Å²) in [5, 5.41) is 33.6. The zero-order valence-electron chi connectivity index (χ0n) is 32.4. The average Bonchev–Trinajstić information content (AvgIpc) is 3.04. The zero-order valence-corrected chi connectivity index (χ0v) is 32.4. The molecule has 54 heavy (non-hydrogen) atoms. The Balaban J connectivity index is 6.22. The van der Waals surface area contributed by atoms with E-state index in [-0.39, 0.29) is 37.5 Å². The monoisotopic (exact) mass is 771 g/mol. The highest BCUT2D eigenvalue weighted by molar-refractivity contribution is 5.98. The van der Waals surface area contributed by atoms with Crippen molar-refractivity contribution < 1.29 is 53.4 Å². The van der Waals surface area contributed by atoms with Crippen molar-refractivity contribution in [3.05, 3.63) is 0 Å². The molecule has 0 rings (SSSR count). The van der Waals surface area contributed by atoms with Crippen LogP contribution in [0.25, 0.3) is 0 Å². The summed E-state index contributed by atoms with van der Waals surface area (Å²) in [5.41, 5.74) is 16.5. The van der Waals surface area contributed by atoms with E-state index in [4.69, 9.17) is 17.2 Å². The van der Waals surface area contributed by atoms with Crippen LogP contribution in [-0.4, -0.2) is 112 Å². The highest BCUT2D eigenvalue weighted by atomic mass is 16.4. The summed E-state index contributed by atoms with van der Waals surface area (Å²) in [4.78, 5) is 114. The highest BCUT2D eigenvalue weighted by Gasteiger charge is 2.35. The second-order valence-corrected chi connectivity index (χ2v) is 14.8. The van der Waals surface area contributed by atoms with Crippen molar-refractivity contribution in [3.8, 4) is 0 Å². The lowest BCUT2D eigenvalue weighted by Gasteiger charge is -2.29. The summed E-state index contributed by atoms with van der Waals surface area (Å²) >= 11 is 0. The lowest BCUT2D eigenvalue weighted by atomic mass is 9.99. The first-order chi connectivity index (χ1) is 24.9. The number of rotatable bonds is 25. The molecule has 20 nitrogen and oxygen atoms in total. The number of carbonyl (C=O) groups is 9. The van der Waals surface area contributed by atoms with Gasteiger partial charge in [0.05, 0.1) is 19.1 Å². The maximum Gasteiger partial charge on any atom is 0.326 e. The third-order valence-electron chi connectivity index (χ3n) is 8.05. The largest absolute Gasteiger partial charge is 0.480 e. The standard InChI is InChI=1S/C34H61N9O11/c1-15(2)11-19(35)28(47)39-22(13-25(37)46)31(50)42-26(17(5)6)33(52)38-20(9-10-24(36)45)29(48)40-21(12-16(3)4)30(49)41-23(14-44)32(51)43-27(18(7)8)34(53)54/h15-23,26-27,44H,9-14,35H2,1-8H3,(H2,36,45)(H2,37,46)(H,38,52)(H,39,47)(H,40,48)(H,41,49)(H,42,50)(H,43,51)(H,53,54)/t19-,20-,21-,22-,23-,26-,27-/m0/s1. The molecule has 0 aliphatic heterocycles. The fourth-order valence-corrected chi connectivity index (χ4v) is 5.12. The molecule has 0 aromatic heterocycles. The van der Waals surface area contributed by atoms with E-state index in [1.165, 1.54) is 0 Å². The molecule has 0 saturated carbocycles. The summed E-state index contributed by atoms with van der Waals surface area (Å²) in [7, 11) is 0. The van der Waals surface area contributed by atoms with Crippen molar-refractivity contribution in [3.63, 3.8) is 0 Å². The fraction of sp³-hybridized carbons (Fsp3) is 0.735. The Morgan fingerprint density at radius 2 is 0.944 bits per heavy atom. The molecule has 0 aromatic carbocycles. The van der Waals surface area contributed by atoms with E-state index in [9.17, 15) is 53.4 Å². The van der Waals surface area contributed by atoms with Crippen LogP contribution in [0.2, 0.25) is 0 Å². The van der Waals surface area contributed by atoms with E-state index in [1.54, 1.807) is 41.5 Å². The van der Waals surface area contributed by atoms with Gasteiger partial charge in [-0.1, -0.05) is 55.4 Å². The lowest BCUT2D eigenvalue weighted by Crippen LogP contribution is -2.61. The third kappa shape index (κ3) is 18.3. The van der Waals surface area contributed by atoms with E-state index in [0.717, 1.165) is 0 Å². The highest BCUT2D eigenvalue weighted by Crippen LogP contribution is 2.11. The van der Waals surface area contributed by atoms with Gasteiger partial charge < -0.3 is 59.3 Å². The number of aliphatic carboxylic acids is 1. The van der Waals surface area contributed by atoms with Gasteiger partial charge in [0.2, 0.25) is 47.3 Å². The first-order valence-corrected chi connectivity index (χ1v) is 17.9. The van der Waals surface area contributed by atoms with E-state index < -0.39 is 120 Å². The van der Waals surface area contributed by atoms with Crippen LogP contribution in [0.3, 0.4) is 0 Å². The van der Waals surface area contributed by atoms with Gasteiger partial charge in [-0.3, -0.25) is 38.4 Å². The molecule has 0 bridgehead atoms. The predicted molar refractivity (Wildman–Crippen MR) is 195 cm³/mol. The second kappa shape index (κ2) is 23.7. The average molecular weight is 772 g/mol. The van der Waals surface area contributed by atoms with Crippen LogP contribution in [-0.2, 0) is 43.2 Å². The summed E-state index contributed by atoms with van der Waals surface area (Å²) in [6, 6.07) is -9.56. The second-order valence-electron chi connectivity index (χ2n) is 14.8. The SMILES string of the molecule is CC(C)C[C@H](NC(=O)[C@H](CCC(N)=O)NC(=O)[C@@H](NC(=O)[C@H](CC(N)=O)NC(=O)[C@@H](N)CC(C)C)C(C)C)C(=O)N[C@@H](CO)C(=O)N[C@H](C(=O)O)C(C)C. The Morgan fingerprint density at radius 3 is 1.39 bits per heavy atom. The number of carboxylic acids is 1. The number of hydrogen-bond donors (Lipinski definition) is 11. The third-order valence-corrected chi connectivity index (χ3v) is 8.05. The van der Waals surface area contributed by atoms with Crippen molar-refractivity contribution >= 4 is 53.2 Å². The van der Waals surface area contributed by atoms with Gasteiger partial charge in [0.1, 0.15) is 36.3 Å². The van der Waals surface area contributed by atoms with E-state index in [1.807, 2.05) is 13.8 Å². The van der Waals surface area contributed by atoms with Crippen molar-refractivity contribution in [2.75, 3.05) is 6.61 Å². The van der Waals surface area contributed by atoms with Gasteiger partial charge in [0, 0.05) is 6.42 Å². The van der Waals surface area contributed by atoms with E-state index in [2.05, 4.69) is 31.9 Å². The molecule has 8 amide bonds. The first-order valence-electron chi connectivity index (χ1n) is 17.9. The van der Waals surface area contributed by atoms with Crippen LogP contribution >= 0.6 is 0 Å². The molecular weight excluding hydrogens is 710 g/mol. The molecular formula is C34H61N9O11. The van der Waals surface area contributed by atoms with Crippen molar-refractivity contribution in [1.29, 1.82) is 0 Å². The lowest BCUT2D eigenvalue weighted by molar-refractivity contribution is -0.144. The summed E-state index contributed by atoms with van der Waals surface area (Å²) in [6.45, 7) is 12.5. The topological polar surface area (TPSA) is 344 Å². The normalized spacial score (nSPS) is 15.2. The minimum Gasteiger partial charge on any atom is -0.480 e. The molecule has 14 N–H and O–H groups in total. The van der Waals surface area contributed by atoms with Crippen molar-refractivity contribution in [2.24, 2.45) is 40.9 Å².